The Kier molecular flexibility index (Phi) is 4.47. The van der Waals surface area contributed by atoms with Gasteiger partial charge in [0.2, 0.25) is 0 Å². The number of hydrazone groups is 1. The monoisotopic (exact) mass is 220 g/mol. The highest BCUT2D eigenvalue weighted by Crippen LogP contribution is 2.07. The van der Waals surface area contributed by atoms with E-state index in [2.05, 4.69) is 20.5 Å². The van der Waals surface area contributed by atoms with E-state index in [1.165, 1.54) is 31.4 Å². The van der Waals surface area contributed by atoms with Crippen LogP contribution in [0.1, 0.15) is 0 Å². The number of nitrogens with zero attached hydrogens (tertiary/aromatic N) is 3. The molecule has 0 heterocycles. The first kappa shape index (κ1) is 11.7. The van der Waals surface area contributed by atoms with Gasteiger partial charge in [0, 0.05) is 0 Å². The van der Waals surface area contributed by atoms with E-state index in [4.69, 9.17) is 5.26 Å². The standard InChI is InChI=1S/C10H9FN4O/c1-16-13-7-10(6-12)15-14-9-4-2-8(11)3-5-9/h2-5,7,14H,1H3. The molecule has 0 aliphatic rings. The molecular formula is C10H9FN4O. The molecule has 5 nitrogen and oxygen atoms in total. The maximum absolute atomic E-state index is 12.6. The SMILES string of the molecule is CON=CC(C#N)=NNc1ccc(F)cc1. The summed E-state index contributed by atoms with van der Waals surface area (Å²) in [5, 5.41) is 15.8. The summed E-state index contributed by atoms with van der Waals surface area (Å²) in [5.74, 6) is -0.337. The summed E-state index contributed by atoms with van der Waals surface area (Å²) in [6.07, 6.45) is 1.16. The van der Waals surface area contributed by atoms with Crippen LogP contribution in [0.2, 0.25) is 0 Å². The second-order valence-corrected chi connectivity index (χ2v) is 2.64. The molecule has 0 spiro atoms. The number of nitriles is 1. The lowest BCUT2D eigenvalue weighted by atomic mass is 10.3. The van der Waals surface area contributed by atoms with Gasteiger partial charge in [-0.1, -0.05) is 5.16 Å². The fraction of sp³-hybridized carbons (Fsp3) is 0.100. The van der Waals surface area contributed by atoms with Gasteiger partial charge < -0.3 is 4.84 Å². The van der Waals surface area contributed by atoms with Crippen LogP contribution in [0.4, 0.5) is 10.1 Å². The molecule has 6 heteroatoms. The molecule has 1 rings (SSSR count). The molecule has 0 aromatic heterocycles. The molecule has 0 unspecified atom stereocenters. The Morgan fingerprint density at radius 1 is 1.50 bits per heavy atom. The molecule has 0 aliphatic heterocycles. The third-order valence-electron chi connectivity index (χ3n) is 1.54. The second-order valence-electron chi connectivity index (χ2n) is 2.64. The lowest BCUT2D eigenvalue weighted by Gasteiger charge is -1.98. The summed E-state index contributed by atoms with van der Waals surface area (Å²) in [4.78, 5) is 4.40. The van der Waals surface area contributed by atoms with E-state index in [-0.39, 0.29) is 11.5 Å². The molecular weight excluding hydrogens is 211 g/mol. The predicted molar refractivity (Wildman–Crippen MR) is 58.6 cm³/mol. The molecule has 0 atom stereocenters. The van der Waals surface area contributed by atoms with Crippen LogP contribution in [-0.4, -0.2) is 19.0 Å². The van der Waals surface area contributed by atoms with Gasteiger partial charge >= 0.3 is 0 Å². The van der Waals surface area contributed by atoms with Crippen LogP contribution in [0.3, 0.4) is 0 Å². The van der Waals surface area contributed by atoms with Crippen molar-refractivity contribution in [3.05, 3.63) is 30.1 Å². The number of hydrogen-bond acceptors (Lipinski definition) is 5. The van der Waals surface area contributed by atoms with Crippen molar-refractivity contribution >= 4 is 17.6 Å². The number of anilines is 1. The zero-order valence-corrected chi connectivity index (χ0v) is 8.51. The number of nitrogens with one attached hydrogen (secondary N) is 1. The summed E-state index contributed by atoms with van der Waals surface area (Å²) in [6, 6.07) is 7.37. The van der Waals surface area contributed by atoms with Gasteiger partial charge in [-0.25, -0.2) is 4.39 Å². The van der Waals surface area contributed by atoms with Crippen molar-refractivity contribution in [2.24, 2.45) is 10.3 Å². The van der Waals surface area contributed by atoms with Gasteiger partial charge in [0.25, 0.3) is 0 Å². The van der Waals surface area contributed by atoms with Crippen molar-refractivity contribution in [1.82, 2.24) is 0 Å². The van der Waals surface area contributed by atoms with Crippen LogP contribution >= 0.6 is 0 Å². The third-order valence-corrected chi connectivity index (χ3v) is 1.54. The molecule has 0 amide bonds. The number of hydrogen-bond donors (Lipinski definition) is 1. The van der Waals surface area contributed by atoms with E-state index in [0.29, 0.717) is 5.69 Å². The van der Waals surface area contributed by atoms with Crippen molar-refractivity contribution in [3.8, 4) is 6.07 Å². The molecule has 0 fully saturated rings. The summed E-state index contributed by atoms with van der Waals surface area (Å²) in [6.45, 7) is 0. The Hall–Kier alpha value is -2.42. The second kappa shape index (κ2) is 6.14. The molecule has 82 valence electrons. The molecule has 0 bridgehead atoms. The van der Waals surface area contributed by atoms with Crippen molar-refractivity contribution < 1.29 is 9.23 Å². The summed E-state index contributed by atoms with van der Waals surface area (Å²) in [7, 11) is 1.36. The van der Waals surface area contributed by atoms with Gasteiger partial charge in [-0.05, 0) is 24.3 Å². The largest absolute Gasteiger partial charge is 0.399 e. The number of benzene rings is 1. The van der Waals surface area contributed by atoms with Gasteiger partial charge in [0.05, 0.1) is 5.69 Å². The van der Waals surface area contributed by atoms with E-state index >= 15 is 0 Å². The van der Waals surface area contributed by atoms with Crippen LogP contribution in [-0.2, 0) is 4.84 Å². The van der Waals surface area contributed by atoms with E-state index in [1.54, 1.807) is 6.07 Å². The maximum atomic E-state index is 12.6. The molecule has 1 aromatic carbocycles. The molecule has 0 aliphatic carbocycles. The van der Waals surface area contributed by atoms with Gasteiger partial charge in [-0.15, -0.1) is 0 Å². The van der Waals surface area contributed by atoms with Gasteiger partial charge in [-0.2, -0.15) is 10.4 Å². The van der Waals surface area contributed by atoms with Crippen molar-refractivity contribution in [2.75, 3.05) is 12.5 Å². The van der Waals surface area contributed by atoms with Crippen LogP contribution in [0, 0.1) is 17.1 Å². The van der Waals surface area contributed by atoms with Crippen molar-refractivity contribution in [3.63, 3.8) is 0 Å². The van der Waals surface area contributed by atoms with Crippen molar-refractivity contribution in [1.29, 1.82) is 5.26 Å². The van der Waals surface area contributed by atoms with Gasteiger partial charge in [0.15, 0.2) is 5.71 Å². The zero-order chi connectivity index (χ0) is 11.8. The van der Waals surface area contributed by atoms with Crippen LogP contribution in [0.5, 0.6) is 0 Å². The highest BCUT2D eigenvalue weighted by atomic mass is 19.1. The highest BCUT2D eigenvalue weighted by molar-refractivity contribution is 6.37. The molecule has 0 saturated heterocycles. The average Bonchev–Trinajstić information content (AvgIpc) is 2.32. The minimum Gasteiger partial charge on any atom is -0.399 e. The quantitative estimate of drug-likeness (QED) is 0.620. The first-order valence-electron chi connectivity index (χ1n) is 4.32. The van der Waals surface area contributed by atoms with Gasteiger partial charge in [0.1, 0.15) is 25.2 Å². The Labute approximate surface area is 91.8 Å². The van der Waals surface area contributed by atoms with E-state index < -0.39 is 0 Å². The minimum atomic E-state index is -0.337. The minimum absolute atomic E-state index is 0.0474. The smallest absolute Gasteiger partial charge is 0.182 e. The summed E-state index contributed by atoms with van der Waals surface area (Å²) < 4.78 is 12.6. The molecule has 0 radical (unpaired) electrons. The number of rotatable bonds is 4. The van der Waals surface area contributed by atoms with E-state index in [0.717, 1.165) is 6.21 Å². The lowest BCUT2D eigenvalue weighted by molar-refractivity contribution is 0.216. The molecule has 0 saturated carbocycles. The van der Waals surface area contributed by atoms with Crippen LogP contribution in [0.15, 0.2) is 34.5 Å². The molecule has 1 aromatic rings. The Bertz CT molecular complexity index is 433. The predicted octanol–water partition coefficient (Wildman–Crippen LogP) is 1.75. The van der Waals surface area contributed by atoms with E-state index in [9.17, 15) is 4.39 Å². The van der Waals surface area contributed by atoms with E-state index in [1.807, 2.05) is 0 Å². The molecule has 16 heavy (non-hydrogen) atoms. The molecule has 1 N–H and O–H groups in total. The normalized spacial score (nSPS) is 11.2. The Morgan fingerprint density at radius 2 is 2.19 bits per heavy atom. The third kappa shape index (κ3) is 3.75. The van der Waals surface area contributed by atoms with Gasteiger partial charge in [-0.3, -0.25) is 5.43 Å². The fourth-order valence-electron chi connectivity index (χ4n) is 0.835. The Balaban J connectivity index is 2.67. The summed E-state index contributed by atoms with van der Waals surface area (Å²) in [5.41, 5.74) is 3.20. The van der Waals surface area contributed by atoms with Crippen molar-refractivity contribution in [2.45, 2.75) is 0 Å². The lowest BCUT2D eigenvalue weighted by Crippen LogP contribution is -2.01. The fourth-order valence-corrected chi connectivity index (χ4v) is 0.835. The first-order chi connectivity index (χ1) is 7.76. The Morgan fingerprint density at radius 3 is 2.75 bits per heavy atom. The average molecular weight is 220 g/mol. The maximum Gasteiger partial charge on any atom is 0.182 e. The summed E-state index contributed by atoms with van der Waals surface area (Å²) >= 11 is 0. The first-order valence-corrected chi connectivity index (χ1v) is 4.32. The highest BCUT2D eigenvalue weighted by Gasteiger charge is 1.94. The topological polar surface area (TPSA) is 69.8 Å². The zero-order valence-electron chi connectivity index (χ0n) is 8.51. The van der Waals surface area contributed by atoms with Crippen LogP contribution < -0.4 is 5.43 Å². The number of oxime groups is 1. The number of halogens is 1. The van der Waals surface area contributed by atoms with Crippen LogP contribution in [0.25, 0.3) is 0 Å².